The Labute approximate surface area is 150 Å². The average molecular weight is 362 g/mol. The van der Waals surface area contributed by atoms with Gasteiger partial charge in [-0.15, -0.1) is 0 Å². The van der Waals surface area contributed by atoms with E-state index >= 15 is 0 Å². The van der Waals surface area contributed by atoms with Crippen molar-refractivity contribution in [3.8, 4) is 5.75 Å². The number of hydrogen-bond donors (Lipinski definition) is 1. The van der Waals surface area contributed by atoms with Gasteiger partial charge in [0.15, 0.2) is 6.61 Å². The van der Waals surface area contributed by atoms with Crippen molar-refractivity contribution in [2.75, 3.05) is 13.7 Å². The summed E-state index contributed by atoms with van der Waals surface area (Å²) in [5, 5.41) is 2.50. The molecule has 5 nitrogen and oxygen atoms in total. The molecule has 1 unspecified atom stereocenters. The minimum atomic E-state index is -0.741. The van der Waals surface area contributed by atoms with Crippen molar-refractivity contribution in [3.05, 3.63) is 65.7 Å². The van der Waals surface area contributed by atoms with Gasteiger partial charge in [-0.25, -0.2) is 8.78 Å². The largest absolute Gasteiger partial charge is 0.484 e. The number of amides is 2. The van der Waals surface area contributed by atoms with Crippen molar-refractivity contribution >= 4 is 11.8 Å². The highest BCUT2D eigenvalue weighted by Crippen LogP contribution is 2.14. The minimum absolute atomic E-state index is 0.125. The molecule has 0 spiro atoms. The van der Waals surface area contributed by atoms with E-state index in [0.717, 1.165) is 0 Å². The van der Waals surface area contributed by atoms with Crippen LogP contribution in [0.15, 0.2) is 48.5 Å². The van der Waals surface area contributed by atoms with Gasteiger partial charge >= 0.3 is 0 Å². The van der Waals surface area contributed by atoms with Gasteiger partial charge in [0.05, 0.1) is 0 Å². The molecule has 0 heterocycles. The van der Waals surface area contributed by atoms with Crippen molar-refractivity contribution in [1.82, 2.24) is 10.2 Å². The number of nitrogens with zero attached hydrogens (tertiary/aromatic N) is 1. The monoisotopic (exact) mass is 362 g/mol. The Kier molecular flexibility index (Phi) is 6.66. The van der Waals surface area contributed by atoms with Gasteiger partial charge in [0.1, 0.15) is 23.4 Å². The number of rotatable bonds is 7. The minimum Gasteiger partial charge on any atom is -0.484 e. The summed E-state index contributed by atoms with van der Waals surface area (Å²) in [7, 11) is 1.48. The Morgan fingerprint density at radius 3 is 2.12 bits per heavy atom. The zero-order chi connectivity index (χ0) is 19.1. The molecule has 2 amide bonds. The van der Waals surface area contributed by atoms with Crippen molar-refractivity contribution in [2.24, 2.45) is 0 Å². The van der Waals surface area contributed by atoms with Gasteiger partial charge in [-0.1, -0.05) is 12.1 Å². The fourth-order valence-corrected chi connectivity index (χ4v) is 2.34. The molecule has 0 radical (unpaired) electrons. The molecule has 2 aromatic rings. The van der Waals surface area contributed by atoms with Crippen LogP contribution in [0.4, 0.5) is 8.78 Å². The molecule has 138 valence electrons. The van der Waals surface area contributed by atoms with Crippen LogP contribution in [0, 0.1) is 11.6 Å². The van der Waals surface area contributed by atoms with Gasteiger partial charge in [-0.05, 0) is 48.9 Å². The van der Waals surface area contributed by atoms with Crippen LogP contribution in [0.1, 0.15) is 12.5 Å². The zero-order valence-electron chi connectivity index (χ0n) is 14.5. The molecule has 1 N–H and O–H groups in total. The lowest BCUT2D eigenvalue weighted by Gasteiger charge is -2.28. The molecule has 1 atom stereocenters. The van der Waals surface area contributed by atoms with Crippen LogP contribution >= 0.6 is 0 Å². The van der Waals surface area contributed by atoms with E-state index in [-0.39, 0.29) is 24.9 Å². The van der Waals surface area contributed by atoms with Gasteiger partial charge < -0.3 is 15.0 Å². The molecule has 7 heteroatoms. The van der Waals surface area contributed by atoms with Crippen molar-refractivity contribution in [3.63, 3.8) is 0 Å². The molecule has 0 saturated heterocycles. The fraction of sp³-hybridized carbons (Fsp3) is 0.263. The van der Waals surface area contributed by atoms with Gasteiger partial charge in [0.2, 0.25) is 5.91 Å². The normalized spacial score (nSPS) is 11.5. The average Bonchev–Trinajstić information content (AvgIpc) is 2.65. The SMILES string of the molecule is CNC(=O)C(C)N(Cc1ccc(F)cc1)C(=O)COc1ccc(F)cc1. The summed E-state index contributed by atoms with van der Waals surface area (Å²) in [5.74, 6) is -1.20. The van der Waals surface area contributed by atoms with E-state index < -0.39 is 17.8 Å². The number of carbonyl (C=O) groups excluding carboxylic acids is 2. The molecule has 26 heavy (non-hydrogen) atoms. The molecule has 0 aliphatic heterocycles. The Morgan fingerprint density at radius 1 is 1.04 bits per heavy atom. The summed E-state index contributed by atoms with van der Waals surface area (Å²) >= 11 is 0. The fourth-order valence-electron chi connectivity index (χ4n) is 2.34. The molecule has 0 aliphatic carbocycles. The Bertz CT molecular complexity index is 748. The topological polar surface area (TPSA) is 58.6 Å². The molecule has 0 saturated carbocycles. The predicted molar refractivity (Wildman–Crippen MR) is 92.4 cm³/mol. The van der Waals surface area contributed by atoms with Crippen LogP contribution in [0.5, 0.6) is 5.75 Å². The Balaban J connectivity index is 2.10. The summed E-state index contributed by atoms with van der Waals surface area (Å²) in [5.41, 5.74) is 0.678. The lowest BCUT2D eigenvalue weighted by atomic mass is 10.1. The van der Waals surface area contributed by atoms with E-state index in [9.17, 15) is 18.4 Å². The first-order chi connectivity index (χ1) is 12.4. The summed E-state index contributed by atoms with van der Waals surface area (Å²) in [4.78, 5) is 25.9. The van der Waals surface area contributed by atoms with E-state index in [4.69, 9.17) is 4.74 Å². The smallest absolute Gasteiger partial charge is 0.261 e. The van der Waals surface area contributed by atoms with Gasteiger partial charge in [-0.3, -0.25) is 9.59 Å². The highest BCUT2D eigenvalue weighted by atomic mass is 19.1. The highest BCUT2D eigenvalue weighted by molar-refractivity contribution is 5.87. The predicted octanol–water partition coefficient (Wildman–Crippen LogP) is 2.51. The number of benzene rings is 2. The zero-order valence-corrected chi connectivity index (χ0v) is 14.5. The van der Waals surface area contributed by atoms with Crippen molar-refractivity contribution in [2.45, 2.75) is 19.5 Å². The van der Waals surface area contributed by atoms with E-state index in [2.05, 4.69) is 5.32 Å². The first kappa shape index (κ1) is 19.4. The summed E-state index contributed by atoms with van der Waals surface area (Å²) in [6.45, 7) is 1.41. The third kappa shape index (κ3) is 5.27. The number of hydrogen-bond acceptors (Lipinski definition) is 3. The Hall–Kier alpha value is -2.96. The molecule has 0 aromatic heterocycles. The Morgan fingerprint density at radius 2 is 1.58 bits per heavy atom. The molecular formula is C19H20F2N2O3. The third-order valence-electron chi connectivity index (χ3n) is 3.86. The van der Waals surface area contributed by atoms with E-state index in [1.54, 1.807) is 19.1 Å². The van der Waals surface area contributed by atoms with Crippen molar-refractivity contribution in [1.29, 1.82) is 0 Å². The lowest BCUT2D eigenvalue weighted by Crippen LogP contribution is -2.48. The van der Waals surface area contributed by atoms with E-state index in [1.807, 2.05) is 0 Å². The first-order valence-corrected chi connectivity index (χ1v) is 8.04. The number of nitrogens with one attached hydrogen (secondary N) is 1. The van der Waals surface area contributed by atoms with Gasteiger partial charge in [0, 0.05) is 13.6 Å². The maximum absolute atomic E-state index is 13.1. The van der Waals surface area contributed by atoms with Crippen LogP contribution in [-0.4, -0.2) is 36.4 Å². The van der Waals surface area contributed by atoms with Gasteiger partial charge in [0.25, 0.3) is 5.91 Å². The summed E-state index contributed by atoms with van der Waals surface area (Å²) < 4.78 is 31.4. The summed E-state index contributed by atoms with van der Waals surface area (Å²) in [6.07, 6.45) is 0. The lowest BCUT2D eigenvalue weighted by molar-refractivity contribution is -0.142. The molecule has 2 aromatic carbocycles. The second-order valence-corrected chi connectivity index (χ2v) is 5.68. The standard InChI is InChI=1S/C19H20F2N2O3/c1-13(19(25)22-2)23(11-14-3-5-15(20)6-4-14)18(24)12-26-17-9-7-16(21)8-10-17/h3-10,13H,11-12H2,1-2H3,(H,22,25). The van der Waals surface area contributed by atoms with Crippen LogP contribution < -0.4 is 10.1 Å². The van der Waals surface area contributed by atoms with E-state index in [1.165, 1.54) is 48.3 Å². The number of carbonyl (C=O) groups is 2. The first-order valence-electron chi connectivity index (χ1n) is 8.04. The van der Waals surface area contributed by atoms with E-state index in [0.29, 0.717) is 11.3 Å². The molecule has 0 fully saturated rings. The maximum atomic E-state index is 13.1. The highest BCUT2D eigenvalue weighted by Gasteiger charge is 2.25. The molecule has 0 bridgehead atoms. The molecule has 2 rings (SSSR count). The number of likely N-dealkylation sites (N-methyl/N-ethyl adjacent to an activating group) is 1. The second-order valence-electron chi connectivity index (χ2n) is 5.68. The van der Waals surface area contributed by atoms with Crippen LogP contribution in [-0.2, 0) is 16.1 Å². The van der Waals surface area contributed by atoms with Crippen LogP contribution in [0.2, 0.25) is 0 Å². The third-order valence-corrected chi connectivity index (χ3v) is 3.86. The molecular weight excluding hydrogens is 342 g/mol. The maximum Gasteiger partial charge on any atom is 0.261 e. The quantitative estimate of drug-likeness (QED) is 0.823. The number of ether oxygens (including phenoxy) is 1. The molecule has 0 aliphatic rings. The van der Waals surface area contributed by atoms with Crippen molar-refractivity contribution < 1.29 is 23.1 Å². The van der Waals surface area contributed by atoms with Gasteiger partial charge in [-0.2, -0.15) is 0 Å². The second kappa shape index (κ2) is 8.94. The summed E-state index contributed by atoms with van der Waals surface area (Å²) in [6, 6.07) is 10.2. The van der Waals surface area contributed by atoms with Crippen LogP contribution in [0.3, 0.4) is 0 Å². The van der Waals surface area contributed by atoms with Crippen LogP contribution in [0.25, 0.3) is 0 Å². The number of halogens is 2.